The predicted octanol–water partition coefficient (Wildman–Crippen LogP) is 3.23. The Morgan fingerprint density at radius 2 is 1.72 bits per heavy atom. The van der Waals surface area contributed by atoms with Crippen molar-refractivity contribution in [1.29, 1.82) is 0 Å². The van der Waals surface area contributed by atoms with Crippen LogP contribution in [0.3, 0.4) is 0 Å². The molecule has 47 heavy (non-hydrogen) atoms. The van der Waals surface area contributed by atoms with Crippen molar-refractivity contribution in [3.05, 3.63) is 35.9 Å². The van der Waals surface area contributed by atoms with Gasteiger partial charge in [-0.15, -0.1) is 12.3 Å². The SMILES string of the molecule is C#CC[C@H](NC(=O)C(CCc1ccccc1)CS(=O)(=O)N(C)CCNCCC)C(=O)N[C@@H](CC1CCCCC1)[C@@H](O)[C@@H](O)CC(C)C. The maximum atomic E-state index is 13.8. The second-order valence-electron chi connectivity index (χ2n) is 13.6. The van der Waals surface area contributed by atoms with E-state index in [2.05, 4.69) is 21.9 Å². The highest BCUT2D eigenvalue weighted by Crippen LogP contribution is 2.29. The number of hydrogen-bond acceptors (Lipinski definition) is 7. The average molecular weight is 677 g/mol. The van der Waals surface area contributed by atoms with Gasteiger partial charge >= 0.3 is 0 Å². The minimum absolute atomic E-state index is 0.112. The van der Waals surface area contributed by atoms with E-state index in [4.69, 9.17) is 6.42 Å². The number of aliphatic hydroxyl groups is 2. The first-order chi connectivity index (χ1) is 22.4. The molecule has 2 rings (SSSR count). The summed E-state index contributed by atoms with van der Waals surface area (Å²) in [7, 11) is -2.29. The summed E-state index contributed by atoms with van der Waals surface area (Å²) < 4.78 is 28.0. The number of hydrogen-bond donors (Lipinski definition) is 5. The number of aryl methyl sites for hydroxylation is 1. The van der Waals surface area contributed by atoms with E-state index in [9.17, 15) is 28.2 Å². The van der Waals surface area contributed by atoms with E-state index in [0.717, 1.165) is 50.6 Å². The molecule has 1 aromatic rings. The lowest BCUT2D eigenvalue weighted by Gasteiger charge is -2.33. The third-order valence-electron chi connectivity index (χ3n) is 9.03. The summed E-state index contributed by atoms with van der Waals surface area (Å²) in [5.74, 6) is 0.441. The van der Waals surface area contributed by atoms with E-state index in [1.807, 2.05) is 51.1 Å². The molecule has 1 aromatic carbocycles. The van der Waals surface area contributed by atoms with Gasteiger partial charge in [0.1, 0.15) is 12.1 Å². The van der Waals surface area contributed by atoms with E-state index in [0.29, 0.717) is 31.7 Å². The molecule has 5 atom stereocenters. The Hall–Kier alpha value is -2.49. The van der Waals surface area contributed by atoms with Crippen LogP contribution in [0.15, 0.2) is 30.3 Å². The van der Waals surface area contributed by atoms with Crippen LogP contribution in [0.4, 0.5) is 0 Å². The number of amides is 2. The maximum absolute atomic E-state index is 13.8. The van der Waals surface area contributed by atoms with E-state index in [1.165, 1.54) is 11.4 Å². The summed E-state index contributed by atoms with van der Waals surface area (Å²) in [5, 5.41) is 30.8. The molecule has 1 aliphatic rings. The summed E-state index contributed by atoms with van der Waals surface area (Å²) in [5.41, 5.74) is 0.970. The van der Waals surface area contributed by atoms with Crippen molar-refractivity contribution < 1.29 is 28.2 Å². The molecule has 0 aromatic heterocycles. The van der Waals surface area contributed by atoms with Crippen molar-refractivity contribution in [1.82, 2.24) is 20.3 Å². The fourth-order valence-electron chi connectivity index (χ4n) is 6.19. The molecule has 1 saturated carbocycles. The Morgan fingerprint density at radius 1 is 1.04 bits per heavy atom. The molecule has 11 heteroatoms. The number of nitrogens with one attached hydrogen (secondary N) is 3. The highest BCUT2D eigenvalue weighted by molar-refractivity contribution is 7.89. The standard InChI is InChI=1S/C36H60N4O6S/c1-6-14-31(36(44)39-32(25-29-17-12-9-13-18-29)34(42)33(41)24-27(3)4)38-35(43)30(20-19-28-15-10-8-11-16-28)26-47(45,46)40(5)23-22-37-21-7-2/h1,8,10-11,15-16,27,29-34,37,41-42H,7,9,12-14,17-26H2,2-5H3,(H,38,43)(H,39,44)/t30?,31-,32-,33-,34+/m0/s1. The molecule has 0 saturated heterocycles. The fourth-order valence-corrected chi connectivity index (χ4v) is 7.64. The Morgan fingerprint density at radius 3 is 2.34 bits per heavy atom. The Kier molecular flexibility index (Phi) is 18.6. The number of carbonyl (C=O) groups excluding carboxylic acids is 2. The third-order valence-corrected chi connectivity index (χ3v) is 11.0. The molecule has 5 N–H and O–H groups in total. The smallest absolute Gasteiger partial charge is 0.243 e. The van der Waals surface area contributed by atoms with Gasteiger partial charge in [-0.05, 0) is 56.0 Å². The van der Waals surface area contributed by atoms with Gasteiger partial charge in [0.2, 0.25) is 21.8 Å². The van der Waals surface area contributed by atoms with Crippen molar-refractivity contribution >= 4 is 21.8 Å². The number of terminal acetylenes is 1. The van der Waals surface area contributed by atoms with E-state index in [1.54, 1.807) is 0 Å². The average Bonchev–Trinajstić information content (AvgIpc) is 3.04. The number of nitrogens with zero attached hydrogens (tertiary/aromatic N) is 1. The van der Waals surface area contributed by atoms with Crippen LogP contribution in [-0.2, 0) is 26.0 Å². The number of sulfonamides is 1. The maximum Gasteiger partial charge on any atom is 0.243 e. The quantitative estimate of drug-likeness (QED) is 0.0936. The molecule has 0 aliphatic heterocycles. The number of likely N-dealkylation sites (N-methyl/N-ethyl adjacent to an activating group) is 1. The first-order valence-corrected chi connectivity index (χ1v) is 19.1. The fraction of sp³-hybridized carbons (Fsp3) is 0.722. The lowest BCUT2D eigenvalue weighted by atomic mass is 9.82. The van der Waals surface area contributed by atoms with Crippen molar-refractivity contribution in [2.24, 2.45) is 17.8 Å². The number of rotatable bonds is 22. The minimum Gasteiger partial charge on any atom is -0.390 e. The zero-order chi connectivity index (χ0) is 34.8. The van der Waals surface area contributed by atoms with Gasteiger partial charge in [-0.1, -0.05) is 83.2 Å². The molecule has 0 heterocycles. The molecule has 266 valence electrons. The topological polar surface area (TPSA) is 148 Å². The van der Waals surface area contributed by atoms with Gasteiger partial charge in [0.15, 0.2) is 0 Å². The lowest BCUT2D eigenvalue weighted by molar-refractivity contribution is -0.132. The third kappa shape index (κ3) is 15.1. The van der Waals surface area contributed by atoms with Gasteiger partial charge in [-0.3, -0.25) is 9.59 Å². The first-order valence-electron chi connectivity index (χ1n) is 17.5. The number of benzene rings is 1. The van der Waals surface area contributed by atoms with Crippen LogP contribution in [0.25, 0.3) is 0 Å². The molecular formula is C36H60N4O6S. The summed E-state index contributed by atoms with van der Waals surface area (Å²) in [6.45, 7) is 7.49. The highest BCUT2D eigenvalue weighted by atomic mass is 32.2. The molecule has 0 spiro atoms. The van der Waals surface area contributed by atoms with Crippen LogP contribution in [-0.4, -0.2) is 91.5 Å². The van der Waals surface area contributed by atoms with Crippen LogP contribution < -0.4 is 16.0 Å². The normalized spacial score (nSPS) is 17.4. The monoisotopic (exact) mass is 676 g/mol. The zero-order valence-electron chi connectivity index (χ0n) is 29.0. The van der Waals surface area contributed by atoms with Gasteiger partial charge < -0.3 is 26.2 Å². The summed E-state index contributed by atoms with van der Waals surface area (Å²) >= 11 is 0. The second kappa shape index (κ2) is 21.5. The van der Waals surface area contributed by atoms with E-state index in [-0.39, 0.29) is 25.3 Å². The summed E-state index contributed by atoms with van der Waals surface area (Å²) in [6, 6.07) is 7.67. The molecule has 10 nitrogen and oxygen atoms in total. The van der Waals surface area contributed by atoms with Crippen LogP contribution in [0, 0.1) is 30.1 Å². The lowest BCUT2D eigenvalue weighted by Crippen LogP contribution is -2.56. The van der Waals surface area contributed by atoms with Crippen molar-refractivity contribution in [3.63, 3.8) is 0 Å². The summed E-state index contributed by atoms with van der Waals surface area (Å²) in [4.78, 5) is 27.5. The molecule has 2 amide bonds. The Bertz CT molecular complexity index is 1200. The molecule has 1 unspecified atom stereocenters. The molecule has 0 bridgehead atoms. The Balaban J connectivity index is 2.23. The van der Waals surface area contributed by atoms with Crippen molar-refractivity contribution in [3.8, 4) is 12.3 Å². The van der Waals surface area contributed by atoms with Gasteiger partial charge in [0, 0.05) is 26.6 Å². The molecule has 1 fully saturated rings. The van der Waals surface area contributed by atoms with Gasteiger partial charge in [-0.25, -0.2) is 12.7 Å². The predicted molar refractivity (Wildman–Crippen MR) is 188 cm³/mol. The van der Waals surface area contributed by atoms with Crippen molar-refractivity contribution in [2.75, 3.05) is 32.4 Å². The van der Waals surface area contributed by atoms with Crippen molar-refractivity contribution in [2.45, 2.75) is 116 Å². The second-order valence-corrected chi connectivity index (χ2v) is 15.7. The minimum atomic E-state index is -3.80. The van der Waals surface area contributed by atoms with E-state index < -0.39 is 57.8 Å². The summed E-state index contributed by atoms with van der Waals surface area (Å²) in [6.07, 6.45) is 11.2. The number of carbonyl (C=O) groups is 2. The molecule has 0 radical (unpaired) electrons. The van der Waals surface area contributed by atoms with E-state index >= 15 is 0 Å². The van der Waals surface area contributed by atoms with Gasteiger partial charge in [0.25, 0.3) is 0 Å². The van der Waals surface area contributed by atoms with Crippen LogP contribution >= 0.6 is 0 Å². The largest absolute Gasteiger partial charge is 0.390 e. The van der Waals surface area contributed by atoms with Crippen LogP contribution in [0.5, 0.6) is 0 Å². The Labute approximate surface area is 283 Å². The molecule has 1 aliphatic carbocycles. The van der Waals surface area contributed by atoms with Gasteiger partial charge in [-0.2, -0.15) is 0 Å². The number of aliphatic hydroxyl groups excluding tert-OH is 2. The molecular weight excluding hydrogens is 616 g/mol. The first kappa shape index (κ1) is 40.7. The van der Waals surface area contributed by atoms with Crippen LogP contribution in [0.2, 0.25) is 0 Å². The highest BCUT2D eigenvalue weighted by Gasteiger charge is 2.35. The van der Waals surface area contributed by atoms with Gasteiger partial charge in [0.05, 0.1) is 23.8 Å². The zero-order valence-corrected chi connectivity index (χ0v) is 29.8. The van der Waals surface area contributed by atoms with Crippen LogP contribution in [0.1, 0.15) is 90.5 Å².